The summed E-state index contributed by atoms with van der Waals surface area (Å²) in [7, 11) is -2.60. The molecule has 1 aromatic heterocycles. The maximum atomic E-state index is 13.0. The zero-order chi connectivity index (χ0) is 21.0. The number of sulfonamides is 1. The molecule has 1 aliphatic heterocycles. The van der Waals surface area contributed by atoms with E-state index in [-0.39, 0.29) is 53.9 Å². The van der Waals surface area contributed by atoms with Crippen molar-refractivity contribution in [1.29, 1.82) is 0 Å². The van der Waals surface area contributed by atoms with Gasteiger partial charge >= 0.3 is 5.69 Å². The van der Waals surface area contributed by atoms with Gasteiger partial charge in [0.05, 0.1) is 25.2 Å². The third-order valence-corrected chi connectivity index (χ3v) is 6.18. The van der Waals surface area contributed by atoms with Gasteiger partial charge in [0.15, 0.2) is 0 Å². The van der Waals surface area contributed by atoms with Crippen molar-refractivity contribution in [3.8, 4) is 5.75 Å². The molecule has 1 N–H and O–H groups in total. The second-order valence-corrected chi connectivity index (χ2v) is 7.89. The van der Waals surface area contributed by atoms with Crippen LogP contribution in [0.1, 0.15) is 10.4 Å². The lowest BCUT2D eigenvalue weighted by Gasteiger charge is -2.26. The molecule has 154 valence electrons. The molecule has 1 saturated heterocycles. The Hall–Kier alpha value is -3.09. The Balaban J connectivity index is 1.94. The second kappa shape index (κ2) is 8.51. The standard InChI is InChI=1S/C17H18N4O7S/c1-27-15-3-2-12(10-16(15)29(25,26)20-6-8-28-9-7-20)17(22)19-13-4-5-18-11-14(13)21(23)24/h2-5,10-11H,6-9H2,1H3,(H,18,19,22). The zero-order valence-electron chi connectivity index (χ0n) is 15.4. The third-order valence-electron chi connectivity index (χ3n) is 4.26. The fourth-order valence-electron chi connectivity index (χ4n) is 2.78. The number of hydrogen-bond donors (Lipinski definition) is 1. The molecule has 12 heteroatoms. The Morgan fingerprint density at radius 2 is 2.03 bits per heavy atom. The second-order valence-electron chi connectivity index (χ2n) is 5.99. The number of nitro groups is 1. The molecular weight excluding hydrogens is 404 g/mol. The van der Waals surface area contributed by atoms with Crippen LogP contribution in [0.3, 0.4) is 0 Å². The van der Waals surface area contributed by atoms with Crippen molar-refractivity contribution in [2.75, 3.05) is 38.7 Å². The summed E-state index contributed by atoms with van der Waals surface area (Å²) in [5.74, 6) is -0.622. The van der Waals surface area contributed by atoms with Gasteiger partial charge in [-0.25, -0.2) is 8.42 Å². The molecule has 1 aromatic carbocycles. The first-order valence-electron chi connectivity index (χ1n) is 8.50. The molecule has 29 heavy (non-hydrogen) atoms. The number of nitrogens with one attached hydrogen (secondary N) is 1. The maximum absolute atomic E-state index is 13.0. The monoisotopic (exact) mass is 422 g/mol. The number of hydrogen-bond acceptors (Lipinski definition) is 8. The quantitative estimate of drug-likeness (QED) is 0.542. The highest BCUT2D eigenvalue weighted by molar-refractivity contribution is 7.89. The molecule has 0 saturated carbocycles. The Labute approximate surface area is 166 Å². The third kappa shape index (κ3) is 4.34. The summed E-state index contributed by atoms with van der Waals surface area (Å²) in [5, 5.41) is 13.5. The molecule has 0 unspecified atom stereocenters. The zero-order valence-corrected chi connectivity index (χ0v) is 16.2. The molecule has 0 spiro atoms. The highest BCUT2D eigenvalue weighted by Gasteiger charge is 2.30. The molecule has 2 aromatic rings. The van der Waals surface area contributed by atoms with Crippen LogP contribution in [0, 0.1) is 10.1 Å². The van der Waals surface area contributed by atoms with Gasteiger partial charge < -0.3 is 14.8 Å². The van der Waals surface area contributed by atoms with E-state index in [1.807, 2.05) is 0 Å². The van der Waals surface area contributed by atoms with Crippen molar-refractivity contribution in [3.05, 3.63) is 52.3 Å². The molecule has 0 atom stereocenters. The van der Waals surface area contributed by atoms with Gasteiger partial charge in [0, 0.05) is 24.8 Å². The Morgan fingerprint density at radius 1 is 1.31 bits per heavy atom. The van der Waals surface area contributed by atoms with Crippen LogP contribution in [-0.4, -0.2) is 62.0 Å². The molecule has 1 fully saturated rings. The smallest absolute Gasteiger partial charge is 0.310 e. The predicted octanol–water partition coefficient (Wildman–Crippen LogP) is 1.27. The van der Waals surface area contributed by atoms with E-state index in [9.17, 15) is 23.3 Å². The van der Waals surface area contributed by atoms with E-state index in [4.69, 9.17) is 9.47 Å². The van der Waals surface area contributed by atoms with Gasteiger partial charge in [-0.3, -0.25) is 19.9 Å². The van der Waals surface area contributed by atoms with E-state index < -0.39 is 20.9 Å². The highest BCUT2D eigenvalue weighted by Crippen LogP contribution is 2.29. The number of ether oxygens (including phenoxy) is 2. The van der Waals surface area contributed by atoms with Crippen LogP contribution in [0.5, 0.6) is 5.75 Å². The number of carbonyl (C=O) groups is 1. The van der Waals surface area contributed by atoms with Gasteiger partial charge in [0.25, 0.3) is 5.91 Å². The first-order valence-corrected chi connectivity index (χ1v) is 9.94. The topological polar surface area (TPSA) is 141 Å². The highest BCUT2D eigenvalue weighted by atomic mass is 32.2. The van der Waals surface area contributed by atoms with Crippen molar-refractivity contribution in [2.45, 2.75) is 4.90 Å². The summed E-state index contributed by atoms with van der Waals surface area (Å²) in [4.78, 5) is 26.5. The van der Waals surface area contributed by atoms with Crippen LogP contribution in [0.25, 0.3) is 0 Å². The lowest BCUT2D eigenvalue weighted by atomic mass is 10.2. The lowest BCUT2D eigenvalue weighted by Crippen LogP contribution is -2.40. The maximum Gasteiger partial charge on any atom is 0.310 e. The molecule has 1 aliphatic rings. The van der Waals surface area contributed by atoms with Crippen LogP contribution in [0.15, 0.2) is 41.6 Å². The van der Waals surface area contributed by atoms with Crippen molar-refractivity contribution in [2.24, 2.45) is 0 Å². The number of rotatable bonds is 6. The summed E-state index contributed by atoms with van der Waals surface area (Å²) in [6.45, 7) is 0.914. The van der Waals surface area contributed by atoms with E-state index in [0.29, 0.717) is 0 Å². The largest absolute Gasteiger partial charge is 0.495 e. The Morgan fingerprint density at radius 3 is 2.69 bits per heavy atom. The molecule has 0 aliphatic carbocycles. The van der Waals surface area contributed by atoms with Crippen LogP contribution in [0.4, 0.5) is 11.4 Å². The van der Waals surface area contributed by atoms with Gasteiger partial charge in [-0.2, -0.15) is 4.31 Å². The Bertz CT molecular complexity index is 1040. The summed E-state index contributed by atoms with van der Waals surface area (Å²) in [6.07, 6.45) is 2.31. The van der Waals surface area contributed by atoms with E-state index in [1.54, 1.807) is 0 Å². The minimum atomic E-state index is -3.93. The minimum absolute atomic E-state index is 0.00347. The SMILES string of the molecule is COc1ccc(C(=O)Nc2ccncc2[N+](=O)[O-])cc1S(=O)(=O)N1CCOCC1. The summed E-state index contributed by atoms with van der Waals surface area (Å²) < 4.78 is 37.6. The van der Waals surface area contributed by atoms with Gasteiger partial charge in [0.2, 0.25) is 10.0 Å². The number of benzene rings is 1. The van der Waals surface area contributed by atoms with Crippen LogP contribution < -0.4 is 10.1 Å². The van der Waals surface area contributed by atoms with Crippen molar-refractivity contribution >= 4 is 27.3 Å². The van der Waals surface area contributed by atoms with Crippen LogP contribution in [0.2, 0.25) is 0 Å². The van der Waals surface area contributed by atoms with Crippen molar-refractivity contribution in [3.63, 3.8) is 0 Å². The number of methoxy groups -OCH3 is 1. The van der Waals surface area contributed by atoms with Gasteiger partial charge in [-0.15, -0.1) is 0 Å². The average molecular weight is 422 g/mol. The lowest BCUT2D eigenvalue weighted by molar-refractivity contribution is -0.384. The van der Waals surface area contributed by atoms with Crippen molar-refractivity contribution in [1.82, 2.24) is 9.29 Å². The molecule has 0 radical (unpaired) electrons. The molecule has 3 rings (SSSR count). The van der Waals surface area contributed by atoms with E-state index in [1.165, 1.54) is 41.9 Å². The minimum Gasteiger partial charge on any atom is -0.495 e. The number of nitrogens with zero attached hydrogens (tertiary/aromatic N) is 3. The molecule has 2 heterocycles. The van der Waals surface area contributed by atoms with Crippen molar-refractivity contribution < 1.29 is 27.6 Å². The fraction of sp³-hybridized carbons (Fsp3) is 0.294. The number of morpholine rings is 1. The molecule has 11 nitrogen and oxygen atoms in total. The molecule has 1 amide bonds. The summed E-state index contributed by atoms with van der Waals surface area (Å²) in [5.41, 5.74) is -0.428. The number of aromatic nitrogens is 1. The number of anilines is 1. The Kier molecular flexibility index (Phi) is 6.06. The summed E-state index contributed by atoms with van der Waals surface area (Å²) >= 11 is 0. The van der Waals surface area contributed by atoms with Gasteiger partial charge in [-0.05, 0) is 24.3 Å². The molecular formula is C17H18N4O7S. The van der Waals surface area contributed by atoms with E-state index in [0.717, 1.165) is 6.20 Å². The van der Waals surface area contributed by atoms with Crippen LogP contribution in [-0.2, 0) is 14.8 Å². The average Bonchev–Trinajstić information content (AvgIpc) is 2.74. The number of carbonyl (C=O) groups excluding carboxylic acids is 1. The normalized spacial score (nSPS) is 14.9. The number of pyridine rings is 1. The van der Waals surface area contributed by atoms with Crippen LogP contribution >= 0.6 is 0 Å². The first kappa shape index (κ1) is 20.6. The van der Waals surface area contributed by atoms with Gasteiger partial charge in [0.1, 0.15) is 22.5 Å². The summed E-state index contributed by atoms with van der Waals surface area (Å²) in [6, 6.07) is 5.21. The molecule has 0 bridgehead atoms. The fourth-order valence-corrected chi connectivity index (χ4v) is 4.37. The first-order chi connectivity index (χ1) is 13.8. The predicted molar refractivity (Wildman–Crippen MR) is 101 cm³/mol. The van der Waals surface area contributed by atoms with E-state index in [2.05, 4.69) is 10.3 Å². The van der Waals surface area contributed by atoms with E-state index >= 15 is 0 Å². The number of amides is 1. The van der Waals surface area contributed by atoms with Gasteiger partial charge in [-0.1, -0.05) is 0 Å².